The van der Waals surface area contributed by atoms with Gasteiger partial charge in [0.2, 0.25) is 12.3 Å². The van der Waals surface area contributed by atoms with Crippen molar-refractivity contribution in [1.82, 2.24) is 10.2 Å². The summed E-state index contributed by atoms with van der Waals surface area (Å²) in [6.45, 7) is 1.03. The summed E-state index contributed by atoms with van der Waals surface area (Å²) in [6, 6.07) is 13.4. The van der Waals surface area contributed by atoms with Gasteiger partial charge in [0.05, 0.1) is 13.2 Å². The first-order valence-corrected chi connectivity index (χ1v) is 7.19. The fraction of sp³-hybridized carbons (Fsp3) is 0.176. The molecule has 0 fully saturated rings. The molecule has 0 saturated carbocycles. The van der Waals surface area contributed by atoms with Gasteiger partial charge in [-0.3, -0.25) is 0 Å². The summed E-state index contributed by atoms with van der Waals surface area (Å²) in [5.41, 5.74) is 0.842. The van der Waals surface area contributed by atoms with Gasteiger partial charge in [0.15, 0.2) is 0 Å². The van der Waals surface area contributed by atoms with E-state index in [1.807, 2.05) is 24.3 Å². The van der Waals surface area contributed by atoms with E-state index in [-0.39, 0.29) is 5.82 Å². The fourth-order valence-corrected chi connectivity index (χ4v) is 1.96. The van der Waals surface area contributed by atoms with Crippen LogP contribution in [0.3, 0.4) is 0 Å². The first-order chi connectivity index (χ1) is 11.3. The van der Waals surface area contributed by atoms with Crippen molar-refractivity contribution in [3.05, 3.63) is 60.7 Å². The van der Waals surface area contributed by atoms with Gasteiger partial charge < -0.3 is 13.9 Å². The van der Waals surface area contributed by atoms with Crippen LogP contribution in [-0.2, 0) is 0 Å². The van der Waals surface area contributed by atoms with Crippen LogP contribution in [-0.4, -0.2) is 23.4 Å². The second-order valence-corrected chi connectivity index (χ2v) is 4.77. The van der Waals surface area contributed by atoms with Crippen molar-refractivity contribution >= 4 is 0 Å². The lowest BCUT2D eigenvalue weighted by Gasteiger charge is -2.08. The number of rotatable bonds is 7. The molecule has 0 saturated heterocycles. The van der Waals surface area contributed by atoms with Gasteiger partial charge in [-0.15, -0.1) is 10.2 Å². The van der Waals surface area contributed by atoms with Crippen molar-refractivity contribution < 1.29 is 18.3 Å². The molecule has 0 atom stereocenters. The van der Waals surface area contributed by atoms with Crippen LogP contribution in [0.2, 0.25) is 0 Å². The third kappa shape index (κ3) is 4.29. The summed E-state index contributed by atoms with van der Waals surface area (Å²) in [7, 11) is 0. The van der Waals surface area contributed by atoms with Crippen molar-refractivity contribution in [3.63, 3.8) is 0 Å². The predicted octanol–water partition coefficient (Wildman–Crippen LogP) is 3.72. The third-order valence-corrected chi connectivity index (χ3v) is 3.10. The molecule has 1 aromatic heterocycles. The van der Waals surface area contributed by atoms with Crippen LogP contribution < -0.4 is 9.47 Å². The third-order valence-electron chi connectivity index (χ3n) is 3.10. The molecule has 1 heterocycles. The zero-order chi connectivity index (χ0) is 15.9. The minimum atomic E-state index is -0.273. The largest absolute Gasteiger partial charge is 0.493 e. The Hall–Kier alpha value is -2.89. The summed E-state index contributed by atoms with van der Waals surface area (Å²) in [5.74, 6) is 1.61. The Morgan fingerprint density at radius 3 is 2.04 bits per heavy atom. The Morgan fingerprint density at radius 2 is 1.48 bits per heavy atom. The van der Waals surface area contributed by atoms with Gasteiger partial charge in [-0.05, 0) is 48.5 Å². The fourth-order valence-electron chi connectivity index (χ4n) is 1.96. The molecule has 2 aromatic carbocycles. The summed E-state index contributed by atoms with van der Waals surface area (Å²) in [4.78, 5) is 0. The topological polar surface area (TPSA) is 57.4 Å². The van der Waals surface area contributed by atoms with E-state index in [1.165, 1.54) is 18.5 Å². The maximum Gasteiger partial charge on any atom is 0.247 e. The van der Waals surface area contributed by atoms with Crippen LogP contribution in [0.5, 0.6) is 11.5 Å². The zero-order valence-electron chi connectivity index (χ0n) is 12.3. The molecule has 0 aliphatic rings. The molecule has 6 heteroatoms. The van der Waals surface area contributed by atoms with Crippen molar-refractivity contribution in [2.24, 2.45) is 0 Å². The molecule has 0 aliphatic heterocycles. The molecular weight excluding hydrogens is 299 g/mol. The van der Waals surface area contributed by atoms with E-state index in [9.17, 15) is 4.39 Å². The Bertz CT molecular complexity index is 713. The number of nitrogens with zero attached hydrogens (tertiary/aromatic N) is 2. The van der Waals surface area contributed by atoms with E-state index >= 15 is 0 Å². The van der Waals surface area contributed by atoms with Crippen LogP contribution in [0, 0.1) is 5.82 Å². The molecule has 0 aliphatic carbocycles. The van der Waals surface area contributed by atoms with E-state index in [2.05, 4.69) is 10.2 Å². The summed E-state index contributed by atoms with van der Waals surface area (Å²) >= 11 is 0. The van der Waals surface area contributed by atoms with E-state index < -0.39 is 0 Å². The number of hydrogen-bond donors (Lipinski definition) is 0. The predicted molar refractivity (Wildman–Crippen MR) is 81.7 cm³/mol. The summed E-state index contributed by atoms with van der Waals surface area (Å²) in [5, 5.41) is 7.48. The maximum atomic E-state index is 12.7. The number of halogens is 1. The van der Waals surface area contributed by atoms with Crippen molar-refractivity contribution in [2.45, 2.75) is 6.42 Å². The number of benzene rings is 2. The van der Waals surface area contributed by atoms with Crippen molar-refractivity contribution in [1.29, 1.82) is 0 Å². The highest BCUT2D eigenvalue weighted by molar-refractivity contribution is 5.53. The standard InChI is InChI=1S/C17H15FN2O3/c18-14-4-8-16(9-5-14)22-11-1-10-21-15-6-2-13(3-7-15)17-20-19-12-23-17/h2-9,12H,1,10-11H2. The molecule has 0 spiro atoms. The lowest BCUT2D eigenvalue weighted by molar-refractivity contribution is 0.247. The smallest absolute Gasteiger partial charge is 0.247 e. The van der Waals surface area contributed by atoms with Crippen LogP contribution in [0.25, 0.3) is 11.5 Å². The normalized spacial score (nSPS) is 10.5. The van der Waals surface area contributed by atoms with Gasteiger partial charge in [-0.25, -0.2) is 4.39 Å². The Balaban J connectivity index is 1.39. The number of hydrogen-bond acceptors (Lipinski definition) is 5. The lowest BCUT2D eigenvalue weighted by atomic mass is 10.2. The Morgan fingerprint density at radius 1 is 0.870 bits per heavy atom. The Kier molecular flexibility index (Phi) is 4.83. The molecule has 0 N–H and O–H groups in total. The SMILES string of the molecule is Fc1ccc(OCCCOc2ccc(-c3nnco3)cc2)cc1. The van der Waals surface area contributed by atoms with Gasteiger partial charge >= 0.3 is 0 Å². The molecule has 5 nitrogen and oxygen atoms in total. The average Bonchev–Trinajstić information content (AvgIpc) is 3.11. The molecule has 0 unspecified atom stereocenters. The molecule has 23 heavy (non-hydrogen) atoms. The summed E-state index contributed by atoms with van der Waals surface area (Å²) < 4.78 is 29.0. The number of aromatic nitrogens is 2. The van der Waals surface area contributed by atoms with E-state index in [1.54, 1.807) is 12.1 Å². The number of ether oxygens (including phenoxy) is 2. The second kappa shape index (κ2) is 7.40. The first kappa shape index (κ1) is 15.0. The van der Waals surface area contributed by atoms with Crippen LogP contribution in [0.4, 0.5) is 4.39 Å². The van der Waals surface area contributed by atoms with Gasteiger partial charge in [-0.1, -0.05) is 0 Å². The highest BCUT2D eigenvalue weighted by Crippen LogP contribution is 2.20. The molecule has 118 valence electrons. The molecule has 3 rings (SSSR count). The monoisotopic (exact) mass is 314 g/mol. The second-order valence-electron chi connectivity index (χ2n) is 4.77. The van der Waals surface area contributed by atoms with Gasteiger partial charge in [-0.2, -0.15) is 0 Å². The van der Waals surface area contributed by atoms with Gasteiger partial charge in [0, 0.05) is 12.0 Å². The molecular formula is C17H15FN2O3. The lowest BCUT2D eigenvalue weighted by Crippen LogP contribution is -2.04. The van der Waals surface area contributed by atoms with E-state index in [0.29, 0.717) is 24.9 Å². The van der Waals surface area contributed by atoms with E-state index in [4.69, 9.17) is 13.9 Å². The van der Waals surface area contributed by atoms with Crippen molar-refractivity contribution in [2.75, 3.05) is 13.2 Å². The zero-order valence-corrected chi connectivity index (χ0v) is 12.3. The highest BCUT2D eigenvalue weighted by atomic mass is 19.1. The molecule has 0 radical (unpaired) electrons. The minimum Gasteiger partial charge on any atom is -0.493 e. The van der Waals surface area contributed by atoms with Crippen molar-refractivity contribution in [3.8, 4) is 23.0 Å². The Labute approximate surface area is 132 Å². The van der Waals surface area contributed by atoms with Crippen LogP contribution >= 0.6 is 0 Å². The minimum absolute atomic E-state index is 0.273. The van der Waals surface area contributed by atoms with Crippen LogP contribution in [0.15, 0.2) is 59.3 Å². The molecule has 3 aromatic rings. The first-order valence-electron chi connectivity index (χ1n) is 7.19. The van der Waals surface area contributed by atoms with E-state index in [0.717, 1.165) is 17.7 Å². The van der Waals surface area contributed by atoms with Gasteiger partial charge in [0.25, 0.3) is 0 Å². The van der Waals surface area contributed by atoms with Crippen LogP contribution in [0.1, 0.15) is 6.42 Å². The maximum absolute atomic E-state index is 12.7. The van der Waals surface area contributed by atoms with Gasteiger partial charge in [0.1, 0.15) is 17.3 Å². The molecule has 0 bridgehead atoms. The average molecular weight is 314 g/mol. The highest BCUT2D eigenvalue weighted by Gasteiger charge is 2.03. The summed E-state index contributed by atoms with van der Waals surface area (Å²) in [6.07, 6.45) is 2.02. The quantitative estimate of drug-likeness (QED) is 0.622. The molecule has 0 amide bonds.